The van der Waals surface area contributed by atoms with Gasteiger partial charge in [-0.05, 0) is 49.2 Å². The van der Waals surface area contributed by atoms with Crippen LogP contribution in [0.15, 0.2) is 60.8 Å². The van der Waals surface area contributed by atoms with E-state index in [1.165, 1.54) is 12.1 Å². The van der Waals surface area contributed by atoms with Crippen LogP contribution in [0.2, 0.25) is 0 Å². The van der Waals surface area contributed by atoms with E-state index in [2.05, 4.69) is 20.7 Å². The van der Waals surface area contributed by atoms with E-state index in [9.17, 15) is 4.39 Å². The van der Waals surface area contributed by atoms with E-state index in [1.807, 2.05) is 30.3 Å². The first-order chi connectivity index (χ1) is 14.8. The fourth-order valence-corrected chi connectivity index (χ4v) is 3.52. The molecule has 0 radical (unpaired) electrons. The molecule has 3 heterocycles. The normalized spacial score (nSPS) is 16.1. The zero-order valence-corrected chi connectivity index (χ0v) is 16.3. The molecule has 0 amide bonds. The summed E-state index contributed by atoms with van der Waals surface area (Å²) >= 11 is 0. The van der Waals surface area contributed by atoms with Crippen molar-refractivity contribution < 1.29 is 9.13 Å². The lowest BCUT2D eigenvalue weighted by Crippen LogP contribution is -2.20. The zero-order valence-electron chi connectivity index (χ0n) is 16.3. The summed E-state index contributed by atoms with van der Waals surface area (Å²) in [5.41, 5.74) is 2.31. The standard InChI is InChI=1S/C22H21FN6O/c23-15-8-10-16(11-9-15)26-20-19-14-25-29(17-5-2-1-3-6-17)21(19)28-22(27-20)24-13-18-7-4-12-30-18/h1-3,5-6,8-11,14,18H,4,7,12-13H2,(H2,24,26,27,28)/t18-/m1/s1. The summed E-state index contributed by atoms with van der Waals surface area (Å²) in [6, 6.07) is 16.0. The number of hydrogen-bond donors (Lipinski definition) is 2. The lowest BCUT2D eigenvalue weighted by atomic mass is 10.2. The average Bonchev–Trinajstić information content (AvgIpc) is 3.44. The molecule has 0 bridgehead atoms. The van der Waals surface area contributed by atoms with Gasteiger partial charge in [0, 0.05) is 18.8 Å². The Bertz CT molecular complexity index is 1140. The lowest BCUT2D eigenvalue weighted by Gasteiger charge is -2.13. The van der Waals surface area contributed by atoms with E-state index in [0.29, 0.717) is 24.0 Å². The van der Waals surface area contributed by atoms with Crippen molar-refractivity contribution in [3.05, 3.63) is 66.6 Å². The molecule has 0 unspecified atom stereocenters. The van der Waals surface area contributed by atoms with Gasteiger partial charge in [0.1, 0.15) is 11.6 Å². The summed E-state index contributed by atoms with van der Waals surface area (Å²) in [7, 11) is 0. The second kappa shape index (κ2) is 8.08. The maximum absolute atomic E-state index is 13.3. The van der Waals surface area contributed by atoms with Gasteiger partial charge in [-0.15, -0.1) is 0 Å². The molecule has 152 valence electrons. The quantitative estimate of drug-likeness (QED) is 0.499. The summed E-state index contributed by atoms with van der Waals surface area (Å²) in [6.45, 7) is 1.44. The fourth-order valence-electron chi connectivity index (χ4n) is 3.52. The predicted molar refractivity (Wildman–Crippen MR) is 114 cm³/mol. The van der Waals surface area contributed by atoms with E-state index in [-0.39, 0.29) is 11.9 Å². The first-order valence-corrected chi connectivity index (χ1v) is 9.95. The van der Waals surface area contributed by atoms with E-state index >= 15 is 0 Å². The van der Waals surface area contributed by atoms with Gasteiger partial charge in [-0.1, -0.05) is 18.2 Å². The molecule has 30 heavy (non-hydrogen) atoms. The minimum absolute atomic E-state index is 0.164. The van der Waals surface area contributed by atoms with Gasteiger partial charge in [0.25, 0.3) is 0 Å². The molecule has 4 aromatic rings. The van der Waals surface area contributed by atoms with Crippen LogP contribution in [0.1, 0.15) is 12.8 Å². The molecule has 2 aromatic heterocycles. The van der Waals surface area contributed by atoms with Crippen LogP contribution in [0, 0.1) is 5.82 Å². The molecule has 1 fully saturated rings. The molecule has 7 nitrogen and oxygen atoms in total. The first kappa shape index (κ1) is 18.5. The molecule has 1 aliphatic heterocycles. The molecule has 0 aliphatic carbocycles. The fraction of sp³-hybridized carbons (Fsp3) is 0.227. The Morgan fingerprint density at radius 2 is 1.90 bits per heavy atom. The SMILES string of the molecule is Fc1ccc(Nc2nc(NC[C@H]3CCCO3)nc3c2cnn3-c2ccccc2)cc1. The van der Waals surface area contributed by atoms with Crippen molar-refractivity contribution in [3.8, 4) is 5.69 Å². The molecule has 8 heteroatoms. The van der Waals surface area contributed by atoms with E-state index in [0.717, 1.165) is 36.2 Å². The van der Waals surface area contributed by atoms with Crippen molar-refractivity contribution in [2.45, 2.75) is 18.9 Å². The summed E-state index contributed by atoms with van der Waals surface area (Å²) in [4.78, 5) is 9.36. The van der Waals surface area contributed by atoms with Crippen LogP contribution in [0.25, 0.3) is 16.7 Å². The summed E-state index contributed by atoms with van der Waals surface area (Å²) in [5, 5.41) is 11.9. The number of benzene rings is 2. The van der Waals surface area contributed by atoms with Crippen molar-refractivity contribution in [3.63, 3.8) is 0 Å². The van der Waals surface area contributed by atoms with Crippen molar-refractivity contribution in [2.24, 2.45) is 0 Å². The molecule has 1 aliphatic rings. The second-order valence-corrected chi connectivity index (χ2v) is 7.17. The Morgan fingerprint density at radius 3 is 2.67 bits per heavy atom. The molecule has 1 saturated heterocycles. The third-order valence-electron chi connectivity index (χ3n) is 5.05. The highest BCUT2D eigenvalue weighted by molar-refractivity contribution is 5.90. The van der Waals surface area contributed by atoms with Gasteiger partial charge in [0.2, 0.25) is 5.95 Å². The van der Waals surface area contributed by atoms with Crippen molar-refractivity contribution in [1.82, 2.24) is 19.7 Å². The van der Waals surface area contributed by atoms with Crippen molar-refractivity contribution in [2.75, 3.05) is 23.8 Å². The molecule has 2 aromatic carbocycles. The predicted octanol–water partition coefficient (Wildman–Crippen LogP) is 4.29. The average molecular weight is 404 g/mol. The maximum Gasteiger partial charge on any atom is 0.226 e. The second-order valence-electron chi connectivity index (χ2n) is 7.17. The number of rotatable bonds is 6. The van der Waals surface area contributed by atoms with Gasteiger partial charge in [-0.2, -0.15) is 15.1 Å². The highest BCUT2D eigenvalue weighted by Gasteiger charge is 2.18. The number of nitrogens with zero attached hydrogens (tertiary/aromatic N) is 4. The van der Waals surface area contributed by atoms with E-state index in [4.69, 9.17) is 9.72 Å². The molecular formula is C22H21FN6O. The van der Waals surface area contributed by atoms with Crippen LogP contribution in [0.5, 0.6) is 0 Å². The van der Waals surface area contributed by atoms with Crippen LogP contribution in [0.3, 0.4) is 0 Å². The number of halogens is 1. The van der Waals surface area contributed by atoms with Crippen LogP contribution in [-0.2, 0) is 4.74 Å². The molecule has 0 spiro atoms. The molecule has 0 saturated carbocycles. The Morgan fingerprint density at radius 1 is 1.07 bits per heavy atom. The largest absolute Gasteiger partial charge is 0.376 e. The van der Waals surface area contributed by atoms with E-state index < -0.39 is 0 Å². The van der Waals surface area contributed by atoms with Gasteiger partial charge in [-0.25, -0.2) is 9.07 Å². The first-order valence-electron chi connectivity index (χ1n) is 9.95. The van der Waals surface area contributed by atoms with Gasteiger partial charge < -0.3 is 15.4 Å². The monoisotopic (exact) mass is 404 g/mol. The highest BCUT2D eigenvalue weighted by Crippen LogP contribution is 2.27. The molecule has 2 N–H and O–H groups in total. The molecular weight excluding hydrogens is 383 g/mol. The third kappa shape index (κ3) is 3.81. The van der Waals surface area contributed by atoms with Crippen LogP contribution < -0.4 is 10.6 Å². The maximum atomic E-state index is 13.3. The van der Waals surface area contributed by atoms with Crippen LogP contribution >= 0.6 is 0 Å². The summed E-state index contributed by atoms with van der Waals surface area (Å²) < 4.78 is 20.8. The number of para-hydroxylation sites is 1. The number of fused-ring (bicyclic) bond motifs is 1. The Balaban J connectivity index is 1.54. The number of aromatic nitrogens is 4. The third-order valence-corrected chi connectivity index (χ3v) is 5.05. The highest BCUT2D eigenvalue weighted by atomic mass is 19.1. The Labute approximate surface area is 172 Å². The van der Waals surface area contributed by atoms with Crippen molar-refractivity contribution in [1.29, 1.82) is 0 Å². The van der Waals surface area contributed by atoms with Crippen LogP contribution in [0.4, 0.5) is 21.8 Å². The number of anilines is 3. The minimum Gasteiger partial charge on any atom is -0.376 e. The zero-order chi connectivity index (χ0) is 20.3. The number of ether oxygens (including phenoxy) is 1. The van der Waals surface area contributed by atoms with Gasteiger partial charge in [0.05, 0.1) is 23.4 Å². The lowest BCUT2D eigenvalue weighted by molar-refractivity contribution is 0.120. The number of hydrogen-bond acceptors (Lipinski definition) is 6. The molecule has 1 atom stereocenters. The smallest absolute Gasteiger partial charge is 0.226 e. The van der Waals surface area contributed by atoms with Gasteiger partial charge >= 0.3 is 0 Å². The topological polar surface area (TPSA) is 76.9 Å². The molecule has 5 rings (SSSR count). The number of nitrogens with one attached hydrogen (secondary N) is 2. The Hall–Kier alpha value is -3.52. The van der Waals surface area contributed by atoms with Crippen molar-refractivity contribution >= 4 is 28.5 Å². The van der Waals surface area contributed by atoms with E-state index in [1.54, 1.807) is 23.0 Å². The summed E-state index contributed by atoms with van der Waals surface area (Å²) in [6.07, 6.45) is 4.00. The van der Waals surface area contributed by atoms with Gasteiger partial charge in [-0.3, -0.25) is 0 Å². The summed E-state index contributed by atoms with van der Waals surface area (Å²) in [5.74, 6) is 0.799. The Kier molecular flexibility index (Phi) is 4.98. The van der Waals surface area contributed by atoms with Gasteiger partial charge in [0.15, 0.2) is 5.65 Å². The minimum atomic E-state index is -0.288. The van der Waals surface area contributed by atoms with Crippen LogP contribution in [-0.4, -0.2) is 39.0 Å².